The normalized spacial score (nSPS) is 15.5. The lowest BCUT2D eigenvalue weighted by Gasteiger charge is -2.08. The Labute approximate surface area is 139 Å². The first-order valence-corrected chi connectivity index (χ1v) is 7.45. The molecule has 0 bridgehead atoms. The number of hydrogen-bond acceptors (Lipinski definition) is 4. The number of benzene rings is 2. The predicted molar refractivity (Wildman–Crippen MR) is 89.4 cm³/mol. The lowest BCUT2D eigenvalue weighted by molar-refractivity contribution is -0.136. The molecule has 1 aliphatic rings. The van der Waals surface area contributed by atoms with E-state index in [1.807, 2.05) is 48.5 Å². The maximum atomic E-state index is 11.5. The molecule has 2 aromatic rings. The topological polar surface area (TPSA) is 47.9 Å². The molecule has 3 rings (SSSR count). The van der Waals surface area contributed by atoms with Crippen molar-refractivity contribution in [2.75, 3.05) is 0 Å². The fourth-order valence-corrected chi connectivity index (χ4v) is 2.31. The molecule has 0 aliphatic carbocycles. The molecule has 0 spiro atoms. The smallest absolute Gasteiger partial charge is 0.367 e. The summed E-state index contributed by atoms with van der Waals surface area (Å²) in [6.07, 6.45) is 1.74. The molecule has 0 fully saturated rings. The largest absolute Gasteiger partial charge is 0.489 e. The van der Waals surface area contributed by atoms with Gasteiger partial charge in [-0.3, -0.25) is 0 Å². The van der Waals surface area contributed by atoms with E-state index < -0.39 is 5.97 Å². The fourth-order valence-electron chi connectivity index (χ4n) is 2.12. The number of oxime groups is 1. The molecular weight excluding hydrogens is 314 g/mol. The van der Waals surface area contributed by atoms with Crippen molar-refractivity contribution in [1.29, 1.82) is 0 Å². The Hall–Kier alpha value is -2.59. The van der Waals surface area contributed by atoms with Gasteiger partial charge in [-0.25, -0.2) is 4.79 Å². The molecule has 0 amide bonds. The Morgan fingerprint density at radius 1 is 1.17 bits per heavy atom. The monoisotopic (exact) mass is 327 g/mol. The van der Waals surface area contributed by atoms with Gasteiger partial charge >= 0.3 is 5.97 Å². The van der Waals surface area contributed by atoms with Gasteiger partial charge in [0.1, 0.15) is 12.4 Å². The summed E-state index contributed by atoms with van der Waals surface area (Å²) < 4.78 is 5.72. The first-order chi connectivity index (χ1) is 11.1. The minimum Gasteiger partial charge on any atom is -0.489 e. The van der Waals surface area contributed by atoms with Crippen molar-refractivity contribution in [3.05, 3.63) is 70.3 Å². The van der Waals surface area contributed by atoms with Crippen LogP contribution in [0.25, 0.3) is 6.08 Å². The zero-order valence-electron chi connectivity index (χ0n) is 12.5. The van der Waals surface area contributed by atoms with Gasteiger partial charge in [0.2, 0.25) is 0 Å². The van der Waals surface area contributed by atoms with Crippen molar-refractivity contribution in [3.63, 3.8) is 0 Å². The predicted octanol–water partition coefficient (Wildman–Crippen LogP) is 4.24. The third-order valence-electron chi connectivity index (χ3n) is 3.42. The highest BCUT2D eigenvalue weighted by molar-refractivity contribution is 6.31. The molecule has 0 saturated carbocycles. The zero-order chi connectivity index (χ0) is 16.2. The van der Waals surface area contributed by atoms with Crippen LogP contribution in [0.15, 0.2) is 59.3 Å². The van der Waals surface area contributed by atoms with Gasteiger partial charge < -0.3 is 9.57 Å². The third-order valence-corrected chi connectivity index (χ3v) is 3.79. The van der Waals surface area contributed by atoms with E-state index in [4.69, 9.17) is 16.3 Å². The van der Waals surface area contributed by atoms with Crippen LogP contribution in [-0.2, 0) is 16.2 Å². The van der Waals surface area contributed by atoms with Crippen LogP contribution in [-0.4, -0.2) is 11.7 Å². The quantitative estimate of drug-likeness (QED) is 0.623. The number of ether oxygens (including phenoxy) is 1. The Morgan fingerprint density at radius 3 is 2.57 bits per heavy atom. The van der Waals surface area contributed by atoms with Crippen LogP contribution >= 0.6 is 11.6 Å². The second-order valence-electron chi connectivity index (χ2n) is 5.06. The lowest BCUT2D eigenvalue weighted by Crippen LogP contribution is -2.01. The van der Waals surface area contributed by atoms with Crippen LogP contribution in [0.3, 0.4) is 0 Å². The molecule has 4 nitrogen and oxygen atoms in total. The molecule has 0 aromatic heterocycles. The number of hydrogen-bond donors (Lipinski definition) is 0. The molecule has 0 saturated heterocycles. The Kier molecular flexibility index (Phi) is 4.44. The van der Waals surface area contributed by atoms with Crippen LogP contribution in [0.2, 0.25) is 5.02 Å². The van der Waals surface area contributed by atoms with Crippen molar-refractivity contribution in [2.24, 2.45) is 5.16 Å². The van der Waals surface area contributed by atoms with Crippen molar-refractivity contribution >= 4 is 29.4 Å². The van der Waals surface area contributed by atoms with Gasteiger partial charge in [0, 0.05) is 10.6 Å². The maximum Gasteiger partial charge on any atom is 0.367 e. The summed E-state index contributed by atoms with van der Waals surface area (Å²) in [5, 5.41) is 4.33. The molecule has 116 valence electrons. The Bertz CT molecular complexity index is 794. The molecule has 0 N–H and O–H groups in total. The molecule has 1 heterocycles. The van der Waals surface area contributed by atoms with Crippen LogP contribution in [0.5, 0.6) is 5.75 Å². The zero-order valence-corrected chi connectivity index (χ0v) is 13.2. The van der Waals surface area contributed by atoms with Crippen molar-refractivity contribution in [2.45, 2.75) is 13.5 Å². The van der Waals surface area contributed by atoms with E-state index in [2.05, 4.69) is 9.99 Å². The van der Waals surface area contributed by atoms with E-state index in [1.54, 1.807) is 13.0 Å². The third kappa shape index (κ3) is 3.60. The minimum atomic E-state index is -0.429. The molecular formula is C18H14ClNO3. The summed E-state index contributed by atoms with van der Waals surface area (Å²) in [5.41, 5.74) is 2.85. The molecule has 2 aromatic carbocycles. The standard InChI is InChI=1S/C18H14ClNO3/c1-12-16(18(21)23-20-12)10-13-6-8-15(9-7-13)22-11-14-4-2-3-5-17(14)19/h2-10H,11H2,1H3/b16-10-. The molecule has 0 unspecified atom stereocenters. The average molecular weight is 328 g/mol. The summed E-state index contributed by atoms with van der Waals surface area (Å²) in [6, 6.07) is 15.0. The number of carbonyl (C=O) groups is 1. The van der Waals surface area contributed by atoms with E-state index >= 15 is 0 Å². The van der Waals surface area contributed by atoms with Crippen LogP contribution in [0.4, 0.5) is 0 Å². The van der Waals surface area contributed by atoms with E-state index in [1.165, 1.54) is 0 Å². The van der Waals surface area contributed by atoms with Gasteiger partial charge in [-0.15, -0.1) is 0 Å². The second kappa shape index (κ2) is 6.67. The summed E-state index contributed by atoms with van der Waals surface area (Å²) in [6.45, 7) is 2.13. The SMILES string of the molecule is CC1=NOC(=O)/C1=C\c1ccc(OCc2ccccc2Cl)cc1. The Morgan fingerprint density at radius 2 is 1.91 bits per heavy atom. The fraction of sp³-hybridized carbons (Fsp3) is 0.111. The highest BCUT2D eigenvalue weighted by atomic mass is 35.5. The molecule has 0 radical (unpaired) electrons. The van der Waals surface area contributed by atoms with Gasteiger partial charge in [0.05, 0.1) is 11.3 Å². The van der Waals surface area contributed by atoms with Crippen molar-refractivity contribution in [1.82, 2.24) is 0 Å². The molecule has 5 heteroatoms. The van der Waals surface area contributed by atoms with E-state index in [-0.39, 0.29) is 0 Å². The summed E-state index contributed by atoms with van der Waals surface area (Å²) >= 11 is 6.10. The van der Waals surface area contributed by atoms with Gasteiger partial charge in [-0.1, -0.05) is 47.1 Å². The van der Waals surface area contributed by atoms with Crippen LogP contribution in [0.1, 0.15) is 18.1 Å². The number of carbonyl (C=O) groups excluding carboxylic acids is 1. The van der Waals surface area contributed by atoms with E-state index in [0.717, 1.165) is 16.9 Å². The highest BCUT2D eigenvalue weighted by Gasteiger charge is 2.21. The second-order valence-corrected chi connectivity index (χ2v) is 5.47. The summed E-state index contributed by atoms with van der Waals surface area (Å²) in [4.78, 5) is 16.1. The van der Waals surface area contributed by atoms with Crippen molar-refractivity contribution < 1.29 is 14.4 Å². The summed E-state index contributed by atoms with van der Waals surface area (Å²) in [5.74, 6) is 0.299. The van der Waals surface area contributed by atoms with Gasteiger partial charge in [-0.2, -0.15) is 0 Å². The van der Waals surface area contributed by atoms with Crippen molar-refractivity contribution in [3.8, 4) is 5.75 Å². The lowest BCUT2D eigenvalue weighted by atomic mass is 10.1. The molecule has 0 atom stereocenters. The maximum absolute atomic E-state index is 11.5. The molecule has 1 aliphatic heterocycles. The number of nitrogens with zero attached hydrogens (tertiary/aromatic N) is 1. The van der Waals surface area contributed by atoms with Gasteiger partial charge in [0.15, 0.2) is 0 Å². The van der Waals surface area contributed by atoms with Gasteiger partial charge in [0.25, 0.3) is 0 Å². The first kappa shape index (κ1) is 15.3. The number of halogens is 1. The molecule has 23 heavy (non-hydrogen) atoms. The van der Waals surface area contributed by atoms with Crippen LogP contribution < -0.4 is 4.74 Å². The minimum absolute atomic E-state index is 0.401. The first-order valence-electron chi connectivity index (χ1n) is 7.08. The Balaban J connectivity index is 1.68. The average Bonchev–Trinajstić information content (AvgIpc) is 2.87. The van der Waals surface area contributed by atoms with E-state index in [0.29, 0.717) is 22.9 Å². The van der Waals surface area contributed by atoms with Gasteiger partial charge in [-0.05, 0) is 36.8 Å². The van der Waals surface area contributed by atoms with Crippen LogP contribution in [0, 0.1) is 0 Å². The highest BCUT2D eigenvalue weighted by Crippen LogP contribution is 2.21. The number of rotatable bonds is 4. The van der Waals surface area contributed by atoms with E-state index in [9.17, 15) is 4.79 Å². The summed E-state index contributed by atoms with van der Waals surface area (Å²) in [7, 11) is 0.